The van der Waals surface area contributed by atoms with Crippen molar-refractivity contribution in [2.75, 3.05) is 18.9 Å². The van der Waals surface area contributed by atoms with Gasteiger partial charge in [-0.25, -0.2) is 8.42 Å². The fourth-order valence-corrected chi connectivity index (χ4v) is 3.13. The minimum Gasteiger partial charge on any atom is -0.435 e. The quantitative estimate of drug-likeness (QED) is 0.813. The van der Waals surface area contributed by atoms with Crippen LogP contribution in [0.5, 0.6) is 5.75 Å². The summed E-state index contributed by atoms with van der Waals surface area (Å²) in [5.74, 6) is -0.610. The second-order valence-electron chi connectivity index (χ2n) is 5.03. The molecule has 0 aliphatic carbocycles. The number of alkyl halides is 2. The molecule has 0 atom stereocenters. The minimum absolute atomic E-state index is 0.0447. The topological polar surface area (TPSA) is 75.7 Å². The highest BCUT2D eigenvalue weighted by Gasteiger charge is 2.22. The number of rotatable bonds is 7. The summed E-state index contributed by atoms with van der Waals surface area (Å²) in [6.45, 7) is -3.33. The normalized spacial score (nSPS) is 11.6. The van der Waals surface area contributed by atoms with Crippen molar-refractivity contribution in [2.24, 2.45) is 0 Å². The summed E-state index contributed by atoms with van der Waals surface area (Å²) in [5, 5.41) is 2.49. The molecule has 0 spiro atoms. The number of nitrogens with zero attached hydrogens (tertiary/aromatic N) is 1. The van der Waals surface area contributed by atoms with Crippen LogP contribution in [0.25, 0.3) is 0 Å². The highest BCUT2D eigenvalue weighted by molar-refractivity contribution is 7.89. The number of carbonyl (C=O) groups excluding carboxylic acids is 1. The van der Waals surface area contributed by atoms with Crippen LogP contribution in [0.4, 0.5) is 14.5 Å². The zero-order valence-electron chi connectivity index (χ0n) is 13.2. The summed E-state index contributed by atoms with van der Waals surface area (Å²) in [6.07, 6.45) is 0. The molecule has 1 N–H and O–H groups in total. The van der Waals surface area contributed by atoms with E-state index in [-0.39, 0.29) is 10.6 Å². The van der Waals surface area contributed by atoms with E-state index in [9.17, 15) is 22.0 Å². The van der Waals surface area contributed by atoms with Crippen LogP contribution in [0.3, 0.4) is 0 Å². The number of ether oxygens (including phenoxy) is 1. The molecule has 9 heteroatoms. The standard InChI is InChI=1S/C16H16F2N2O4S/c1-20(25(22,23)14-5-3-2-4-6-14)11-15(21)19-12-7-9-13(10-8-12)24-16(17)18/h2-10,16H,11H2,1H3,(H,19,21). The maximum atomic E-state index is 12.3. The molecule has 0 radical (unpaired) electrons. The third-order valence-corrected chi connectivity index (χ3v) is 5.00. The first-order chi connectivity index (χ1) is 11.8. The molecule has 0 aromatic heterocycles. The Morgan fingerprint density at radius 3 is 2.28 bits per heavy atom. The van der Waals surface area contributed by atoms with Gasteiger partial charge in [0.1, 0.15) is 5.75 Å². The fraction of sp³-hybridized carbons (Fsp3) is 0.188. The van der Waals surface area contributed by atoms with E-state index in [4.69, 9.17) is 0 Å². The molecule has 0 aliphatic heterocycles. The van der Waals surface area contributed by atoms with Crippen molar-refractivity contribution in [3.8, 4) is 5.75 Å². The zero-order chi connectivity index (χ0) is 18.4. The summed E-state index contributed by atoms with van der Waals surface area (Å²) < 4.78 is 53.9. The van der Waals surface area contributed by atoms with E-state index in [1.54, 1.807) is 18.2 Å². The van der Waals surface area contributed by atoms with Crippen molar-refractivity contribution in [2.45, 2.75) is 11.5 Å². The van der Waals surface area contributed by atoms with Crippen LogP contribution in [0.1, 0.15) is 0 Å². The molecular weight excluding hydrogens is 354 g/mol. The molecule has 0 saturated heterocycles. The lowest BCUT2D eigenvalue weighted by molar-refractivity contribution is -0.116. The first-order valence-electron chi connectivity index (χ1n) is 7.15. The third kappa shape index (κ3) is 5.23. The van der Waals surface area contributed by atoms with Crippen LogP contribution < -0.4 is 10.1 Å². The van der Waals surface area contributed by atoms with Crippen molar-refractivity contribution in [3.63, 3.8) is 0 Å². The van der Waals surface area contributed by atoms with Crippen LogP contribution in [0.15, 0.2) is 59.5 Å². The van der Waals surface area contributed by atoms with Gasteiger partial charge in [0.05, 0.1) is 11.4 Å². The number of carbonyl (C=O) groups is 1. The average Bonchev–Trinajstić information content (AvgIpc) is 2.57. The molecule has 1 amide bonds. The van der Waals surface area contributed by atoms with E-state index >= 15 is 0 Å². The highest BCUT2D eigenvalue weighted by Crippen LogP contribution is 2.18. The van der Waals surface area contributed by atoms with Gasteiger partial charge in [-0.15, -0.1) is 0 Å². The Kier molecular flexibility index (Phi) is 6.05. The Bertz CT molecular complexity index is 812. The summed E-state index contributed by atoms with van der Waals surface area (Å²) >= 11 is 0. The van der Waals surface area contributed by atoms with Gasteiger partial charge in [-0.3, -0.25) is 4.79 Å². The minimum atomic E-state index is -3.78. The fourth-order valence-electron chi connectivity index (χ4n) is 1.98. The molecule has 2 aromatic carbocycles. The van der Waals surface area contributed by atoms with E-state index in [1.807, 2.05) is 0 Å². The lowest BCUT2D eigenvalue weighted by Gasteiger charge is -2.17. The summed E-state index contributed by atoms with van der Waals surface area (Å²) in [4.78, 5) is 12.1. The average molecular weight is 370 g/mol. The predicted octanol–water partition coefficient (Wildman–Crippen LogP) is 2.55. The number of hydrogen-bond donors (Lipinski definition) is 1. The van der Waals surface area contributed by atoms with E-state index in [1.165, 1.54) is 43.4 Å². The molecule has 6 nitrogen and oxygen atoms in total. The highest BCUT2D eigenvalue weighted by atomic mass is 32.2. The molecular formula is C16H16F2N2O4S. The zero-order valence-corrected chi connectivity index (χ0v) is 14.0. The molecule has 0 heterocycles. The van der Waals surface area contributed by atoms with Crippen molar-refractivity contribution in [1.82, 2.24) is 4.31 Å². The molecule has 134 valence electrons. The molecule has 0 aliphatic rings. The van der Waals surface area contributed by atoms with Crippen molar-refractivity contribution >= 4 is 21.6 Å². The molecule has 0 fully saturated rings. The van der Waals surface area contributed by atoms with E-state index in [0.29, 0.717) is 5.69 Å². The number of benzene rings is 2. The number of sulfonamides is 1. The van der Waals surface area contributed by atoms with Crippen molar-refractivity contribution in [1.29, 1.82) is 0 Å². The smallest absolute Gasteiger partial charge is 0.387 e. The number of amides is 1. The number of halogens is 2. The number of anilines is 1. The van der Waals surface area contributed by atoms with E-state index in [2.05, 4.69) is 10.1 Å². The lowest BCUT2D eigenvalue weighted by atomic mass is 10.3. The molecule has 0 saturated carbocycles. The first-order valence-corrected chi connectivity index (χ1v) is 8.59. The van der Waals surface area contributed by atoms with E-state index < -0.39 is 29.1 Å². The molecule has 0 unspecified atom stereocenters. The van der Waals surface area contributed by atoms with Gasteiger partial charge in [0, 0.05) is 12.7 Å². The number of hydrogen-bond acceptors (Lipinski definition) is 4. The summed E-state index contributed by atoms with van der Waals surface area (Å²) in [7, 11) is -2.48. The van der Waals surface area contributed by atoms with Gasteiger partial charge in [-0.2, -0.15) is 13.1 Å². The third-order valence-electron chi connectivity index (χ3n) is 3.18. The maximum Gasteiger partial charge on any atom is 0.387 e. The van der Waals surface area contributed by atoms with Crippen LogP contribution >= 0.6 is 0 Å². The van der Waals surface area contributed by atoms with Gasteiger partial charge >= 0.3 is 6.61 Å². The Morgan fingerprint density at radius 2 is 1.72 bits per heavy atom. The predicted molar refractivity (Wildman–Crippen MR) is 88.0 cm³/mol. The summed E-state index contributed by atoms with van der Waals surface area (Å²) in [6, 6.07) is 13.0. The van der Waals surface area contributed by atoms with Crippen LogP contribution in [0, 0.1) is 0 Å². The van der Waals surface area contributed by atoms with Crippen LogP contribution in [-0.4, -0.2) is 38.8 Å². The van der Waals surface area contributed by atoms with Gasteiger partial charge in [0.2, 0.25) is 15.9 Å². The summed E-state index contributed by atoms with van der Waals surface area (Å²) in [5.41, 5.74) is 0.331. The number of likely N-dealkylation sites (N-methyl/N-ethyl adjacent to an activating group) is 1. The van der Waals surface area contributed by atoms with Gasteiger partial charge in [0.15, 0.2) is 0 Å². The monoisotopic (exact) mass is 370 g/mol. The molecule has 25 heavy (non-hydrogen) atoms. The van der Waals surface area contributed by atoms with E-state index in [0.717, 1.165) is 4.31 Å². The first kappa shape index (κ1) is 18.8. The Balaban J connectivity index is 1.97. The Hall–Kier alpha value is -2.52. The van der Waals surface area contributed by atoms with Gasteiger partial charge in [-0.1, -0.05) is 18.2 Å². The number of nitrogens with one attached hydrogen (secondary N) is 1. The SMILES string of the molecule is CN(CC(=O)Nc1ccc(OC(F)F)cc1)S(=O)(=O)c1ccccc1. The van der Waals surface area contributed by atoms with Crippen molar-refractivity contribution < 1.29 is 26.7 Å². The van der Waals surface area contributed by atoms with Crippen molar-refractivity contribution in [3.05, 3.63) is 54.6 Å². The molecule has 2 rings (SSSR count). The van der Waals surface area contributed by atoms with Crippen LogP contribution in [-0.2, 0) is 14.8 Å². The maximum absolute atomic E-state index is 12.3. The van der Waals surface area contributed by atoms with Gasteiger partial charge in [-0.05, 0) is 36.4 Å². The second-order valence-corrected chi connectivity index (χ2v) is 7.07. The van der Waals surface area contributed by atoms with Gasteiger partial charge < -0.3 is 10.1 Å². The molecule has 2 aromatic rings. The Labute approximate surface area is 144 Å². The largest absolute Gasteiger partial charge is 0.435 e. The van der Waals surface area contributed by atoms with Gasteiger partial charge in [0.25, 0.3) is 0 Å². The second kappa shape index (κ2) is 8.04. The Morgan fingerprint density at radius 1 is 1.12 bits per heavy atom. The lowest BCUT2D eigenvalue weighted by Crippen LogP contribution is -2.34. The molecule has 0 bridgehead atoms. The van der Waals surface area contributed by atoms with Crippen LogP contribution in [0.2, 0.25) is 0 Å².